The summed E-state index contributed by atoms with van der Waals surface area (Å²) in [5.74, 6) is -0.149. The van der Waals surface area contributed by atoms with Crippen LogP contribution in [0.2, 0.25) is 0 Å². The fourth-order valence-electron chi connectivity index (χ4n) is 2.44. The van der Waals surface area contributed by atoms with Gasteiger partial charge in [-0.15, -0.1) is 0 Å². The highest BCUT2D eigenvalue weighted by Crippen LogP contribution is 2.12. The molecule has 1 heterocycles. The Bertz CT molecular complexity index is 625. The van der Waals surface area contributed by atoms with Crippen molar-refractivity contribution in [3.05, 3.63) is 24.3 Å². The van der Waals surface area contributed by atoms with Gasteiger partial charge < -0.3 is 10.4 Å². The van der Waals surface area contributed by atoms with E-state index in [2.05, 4.69) is 10.2 Å². The number of hydrogen-bond acceptors (Lipinski definition) is 6. The lowest BCUT2D eigenvalue weighted by Crippen LogP contribution is -2.49. The second-order valence-electron chi connectivity index (χ2n) is 5.46. The number of rotatable bonds is 6. The van der Waals surface area contributed by atoms with Crippen LogP contribution in [0.4, 0.5) is 5.69 Å². The average molecular weight is 342 g/mol. The normalized spacial score (nSPS) is 17.1. The first kappa shape index (κ1) is 17.8. The molecule has 1 aromatic carbocycles. The standard InChI is InChI=1S/C14H22N4O4S/c15-23(21,22)13-3-1-12(2-4-13)16-14(20)11-18-7-5-17(6-8-18)9-10-19/h1-4,19H,5-11H2,(H,16,20)(H2,15,21,22). The van der Waals surface area contributed by atoms with Crippen molar-refractivity contribution in [2.75, 3.05) is 51.2 Å². The maximum absolute atomic E-state index is 12.0. The van der Waals surface area contributed by atoms with Crippen molar-refractivity contribution in [2.45, 2.75) is 4.90 Å². The molecule has 1 amide bonds. The number of nitrogens with zero attached hydrogens (tertiary/aromatic N) is 2. The van der Waals surface area contributed by atoms with E-state index in [0.29, 0.717) is 12.2 Å². The molecule has 9 heteroatoms. The van der Waals surface area contributed by atoms with Crippen molar-refractivity contribution in [3.63, 3.8) is 0 Å². The summed E-state index contributed by atoms with van der Waals surface area (Å²) in [5, 5.41) is 16.7. The van der Waals surface area contributed by atoms with Gasteiger partial charge in [-0.2, -0.15) is 0 Å². The summed E-state index contributed by atoms with van der Waals surface area (Å²) in [5.41, 5.74) is 0.529. The zero-order valence-electron chi connectivity index (χ0n) is 12.8. The Labute approximate surface area is 135 Å². The van der Waals surface area contributed by atoms with Crippen molar-refractivity contribution in [2.24, 2.45) is 5.14 Å². The zero-order valence-corrected chi connectivity index (χ0v) is 13.6. The summed E-state index contributed by atoms with van der Waals surface area (Å²) < 4.78 is 22.3. The van der Waals surface area contributed by atoms with Crippen molar-refractivity contribution in [1.29, 1.82) is 0 Å². The maximum Gasteiger partial charge on any atom is 0.238 e. The summed E-state index contributed by atoms with van der Waals surface area (Å²) in [6, 6.07) is 5.74. The van der Waals surface area contributed by atoms with Crippen LogP contribution in [-0.2, 0) is 14.8 Å². The number of β-amino-alcohol motifs (C(OH)–C–C–N with tert-alkyl or cyclic N) is 1. The second-order valence-corrected chi connectivity index (χ2v) is 7.02. The molecule has 0 radical (unpaired) electrons. The van der Waals surface area contributed by atoms with Gasteiger partial charge in [0, 0.05) is 38.4 Å². The Morgan fingerprint density at radius 2 is 1.70 bits per heavy atom. The van der Waals surface area contributed by atoms with Crippen LogP contribution in [0.15, 0.2) is 29.2 Å². The van der Waals surface area contributed by atoms with E-state index in [9.17, 15) is 13.2 Å². The number of primary sulfonamides is 1. The molecule has 0 atom stereocenters. The van der Waals surface area contributed by atoms with Crippen molar-refractivity contribution in [1.82, 2.24) is 9.80 Å². The van der Waals surface area contributed by atoms with Gasteiger partial charge in [0.05, 0.1) is 18.0 Å². The first-order chi connectivity index (χ1) is 10.9. The minimum atomic E-state index is -3.72. The van der Waals surface area contributed by atoms with E-state index in [4.69, 9.17) is 10.2 Å². The number of benzene rings is 1. The minimum absolute atomic E-state index is 0.00973. The molecule has 0 aromatic heterocycles. The molecule has 8 nitrogen and oxygen atoms in total. The molecular weight excluding hydrogens is 320 g/mol. The predicted molar refractivity (Wildman–Crippen MR) is 86.4 cm³/mol. The number of aliphatic hydroxyl groups is 1. The zero-order chi connectivity index (χ0) is 16.9. The second kappa shape index (κ2) is 7.84. The Kier molecular flexibility index (Phi) is 6.08. The quantitative estimate of drug-likeness (QED) is 0.603. The Morgan fingerprint density at radius 3 is 2.22 bits per heavy atom. The van der Waals surface area contributed by atoms with Crippen LogP contribution >= 0.6 is 0 Å². The van der Waals surface area contributed by atoms with Crippen LogP contribution in [0, 0.1) is 0 Å². The highest BCUT2D eigenvalue weighted by Gasteiger charge is 2.18. The van der Waals surface area contributed by atoms with Gasteiger partial charge in [-0.05, 0) is 24.3 Å². The van der Waals surface area contributed by atoms with Gasteiger partial charge in [0.25, 0.3) is 0 Å². The smallest absolute Gasteiger partial charge is 0.238 e. The molecule has 0 saturated carbocycles. The molecule has 1 fully saturated rings. The summed E-state index contributed by atoms with van der Waals surface area (Å²) in [4.78, 5) is 16.2. The fraction of sp³-hybridized carbons (Fsp3) is 0.500. The minimum Gasteiger partial charge on any atom is -0.395 e. The van der Waals surface area contributed by atoms with Crippen LogP contribution in [0.3, 0.4) is 0 Å². The van der Waals surface area contributed by atoms with Crippen LogP contribution in [0.25, 0.3) is 0 Å². The molecule has 1 aromatic rings. The van der Waals surface area contributed by atoms with Gasteiger partial charge >= 0.3 is 0 Å². The Balaban J connectivity index is 1.81. The number of amides is 1. The van der Waals surface area contributed by atoms with E-state index in [-0.39, 0.29) is 24.0 Å². The number of anilines is 1. The van der Waals surface area contributed by atoms with Gasteiger partial charge in [-0.3, -0.25) is 14.6 Å². The van der Waals surface area contributed by atoms with Crippen LogP contribution in [0.1, 0.15) is 0 Å². The fourth-order valence-corrected chi connectivity index (χ4v) is 2.96. The summed E-state index contributed by atoms with van der Waals surface area (Å²) >= 11 is 0. The largest absolute Gasteiger partial charge is 0.395 e. The van der Waals surface area contributed by atoms with Crippen LogP contribution < -0.4 is 10.5 Å². The Morgan fingerprint density at radius 1 is 1.13 bits per heavy atom. The van der Waals surface area contributed by atoms with E-state index in [1.54, 1.807) is 0 Å². The lowest BCUT2D eigenvalue weighted by molar-refractivity contribution is -0.117. The van der Waals surface area contributed by atoms with Gasteiger partial charge in [-0.1, -0.05) is 0 Å². The Hall–Kier alpha value is -1.52. The highest BCUT2D eigenvalue weighted by molar-refractivity contribution is 7.89. The summed E-state index contributed by atoms with van der Waals surface area (Å²) in [6.45, 7) is 4.30. The summed E-state index contributed by atoms with van der Waals surface area (Å²) in [6.07, 6.45) is 0. The molecule has 1 aliphatic rings. The van der Waals surface area contributed by atoms with Gasteiger partial charge in [-0.25, -0.2) is 13.6 Å². The average Bonchev–Trinajstić information content (AvgIpc) is 2.49. The van der Waals surface area contributed by atoms with Crippen LogP contribution in [-0.4, -0.2) is 75.1 Å². The predicted octanol–water partition coefficient (Wildman–Crippen LogP) is -1.12. The molecule has 4 N–H and O–H groups in total. The highest BCUT2D eigenvalue weighted by atomic mass is 32.2. The van der Waals surface area contributed by atoms with Crippen molar-refractivity contribution < 1.29 is 18.3 Å². The monoisotopic (exact) mass is 342 g/mol. The van der Waals surface area contributed by atoms with E-state index >= 15 is 0 Å². The SMILES string of the molecule is NS(=O)(=O)c1ccc(NC(=O)CN2CCN(CCO)CC2)cc1. The number of carbonyl (C=O) groups excluding carboxylic acids is 1. The molecule has 1 saturated heterocycles. The lowest BCUT2D eigenvalue weighted by atomic mass is 10.3. The maximum atomic E-state index is 12.0. The number of sulfonamides is 1. The molecule has 1 aliphatic heterocycles. The molecule has 0 unspecified atom stereocenters. The van der Waals surface area contributed by atoms with Crippen molar-refractivity contribution >= 4 is 21.6 Å². The van der Waals surface area contributed by atoms with E-state index in [0.717, 1.165) is 26.2 Å². The lowest BCUT2D eigenvalue weighted by Gasteiger charge is -2.33. The first-order valence-electron chi connectivity index (χ1n) is 7.37. The topological polar surface area (TPSA) is 116 Å². The number of piperazine rings is 1. The molecule has 0 bridgehead atoms. The number of carbonyl (C=O) groups is 1. The third-order valence-corrected chi connectivity index (χ3v) is 4.64. The molecular formula is C14H22N4O4S. The number of aliphatic hydroxyl groups excluding tert-OH is 1. The summed E-state index contributed by atoms with van der Waals surface area (Å²) in [7, 11) is -3.72. The molecule has 2 rings (SSSR count). The third-order valence-electron chi connectivity index (χ3n) is 3.71. The first-order valence-corrected chi connectivity index (χ1v) is 8.91. The molecule has 128 valence electrons. The van der Waals surface area contributed by atoms with E-state index in [1.807, 2.05) is 4.90 Å². The van der Waals surface area contributed by atoms with Gasteiger partial charge in [0.1, 0.15) is 0 Å². The van der Waals surface area contributed by atoms with Crippen LogP contribution in [0.5, 0.6) is 0 Å². The molecule has 23 heavy (non-hydrogen) atoms. The van der Waals surface area contributed by atoms with Gasteiger partial charge in [0.2, 0.25) is 15.9 Å². The molecule has 0 aliphatic carbocycles. The van der Waals surface area contributed by atoms with E-state index < -0.39 is 10.0 Å². The van der Waals surface area contributed by atoms with Gasteiger partial charge in [0.15, 0.2) is 0 Å². The number of nitrogens with two attached hydrogens (primary N) is 1. The molecule has 0 spiro atoms. The van der Waals surface area contributed by atoms with E-state index in [1.165, 1.54) is 24.3 Å². The third kappa shape index (κ3) is 5.56. The van der Waals surface area contributed by atoms with Crippen molar-refractivity contribution in [3.8, 4) is 0 Å². The number of hydrogen-bond donors (Lipinski definition) is 3. The number of nitrogens with one attached hydrogen (secondary N) is 1.